The molecular formula is C19H16ClN3O2. The van der Waals surface area contributed by atoms with Crippen LogP contribution < -0.4 is 10.1 Å². The van der Waals surface area contributed by atoms with E-state index in [1.54, 1.807) is 24.3 Å². The van der Waals surface area contributed by atoms with Gasteiger partial charge in [-0.3, -0.25) is 0 Å². The van der Waals surface area contributed by atoms with Gasteiger partial charge in [-0.1, -0.05) is 47.5 Å². The van der Waals surface area contributed by atoms with Gasteiger partial charge in [0.15, 0.2) is 6.61 Å². The summed E-state index contributed by atoms with van der Waals surface area (Å²) in [4.78, 5) is 4.14. The minimum absolute atomic E-state index is 0.112. The highest BCUT2D eigenvalue weighted by Gasteiger charge is 2.13. The smallest absolute Gasteiger partial charge is 0.236 e. The Hall–Kier alpha value is -2.97. The van der Waals surface area contributed by atoms with Crippen LogP contribution in [0.25, 0.3) is 0 Å². The second-order valence-electron chi connectivity index (χ2n) is 5.48. The molecule has 0 saturated carbocycles. The lowest BCUT2D eigenvalue weighted by Gasteiger charge is -2.04. The van der Waals surface area contributed by atoms with Gasteiger partial charge in [0.1, 0.15) is 11.8 Å². The molecule has 0 fully saturated rings. The molecule has 3 rings (SSSR count). The van der Waals surface area contributed by atoms with Gasteiger partial charge in [0.25, 0.3) is 0 Å². The Morgan fingerprint density at radius 2 is 2.04 bits per heavy atom. The summed E-state index contributed by atoms with van der Waals surface area (Å²) in [7, 11) is 0. The summed E-state index contributed by atoms with van der Waals surface area (Å²) in [6.07, 6.45) is 0. The molecule has 0 unspecified atom stereocenters. The van der Waals surface area contributed by atoms with Crippen molar-refractivity contribution < 1.29 is 9.15 Å². The number of halogens is 1. The van der Waals surface area contributed by atoms with Gasteiger partial charge in [-0.05, 0) is 30.7 Å². The molecule has 5 nitrogen and oxygen atoms in total. The number of rotatable bonds is 6. The minimum atomic E-state index is 0.112. The van der Waals surface area contributed by atoms with Crippen molar-refractivity contribution in [2.24, 2.45) is 0 Å². The van der Waals surface area contributed by atoms with Crippen molar-refractivity contribution in [1.82, 2.24) is 4.98 Å². The third-order valence-corrected chi connectivity index (χ3v) is 3.74. The molecule has 0 spiro atoms. The van der Waals surface area contributed by atoms with E-state index < -0.39 is 0 Å². The fraction of sp³-hybridized carbons (Fsp3) is 0.158. The maximum Gasteiger partial charge on any atom is 0.236 e. The van der Waals surface area contributed by atoms with Crippen LogP contribution in [0.3, 0.4) is 0 Å². The first-order valence-electron chi connectivity index (χ1n) is 7.71. The lowest BCUT2D eigenvalue weighted by Crippen LogP contribution is -1.99. The SMILES string of the molecule is Cc1ccc(CNc2oc(COc3cccc(Cl)c3)nc2C#N)cc1. The Morgan fingerprint density at radius 3 is 2.76 bits per heavy atom. The monoisotopic (exact) mass is 353 g/mol. The molecule has 1 N–H and O–H groups in total. The summed E-state index contributed by atoms with van der Waals surface area (Å²) in [5.41, 5.74) is 2.49. The van der Waals surface area contributed by atoms with Crippen LogP contribution >= 0.6 is 11.6 Å². The molecule has 0 aliphatic rings. The number of aryl methyl sites for hydroxylation is 1. The molecule has 0 saturated heterocycles. The first kappa shape index (κ1) is 16.9. The van der Waals surface area contributed by atoms with E-state index in [1.165, 1.54) is 5.56 Å². The van der Waals surface area contributed by atoms with Crippen molar-refractivity contribution in [1.29, 1.82) is 5.26 Å². The van der Waals surface area contributed by atoms with Gasteiger partial charge in [0.05, 0.1) is 0 Å². The zero-order valence-corrected chi connectivity index (χ0v) is 14.4. The van der Waals surface area contributed by atoms with Crippen LogP contribution in [0.4, 0.5) is 5.88 Å². The quantitative estimate of drug-likeness (QED) is 0.695. The van der Waals surface area contributed by atoms with Gasteiger partial charge in [0, 0.05) is 11.6 Å². The molecule has 1 heterocycles. The van der Waals surface area contributed by atoms with Gasteiger partial charge in [-0.15, -0.1) is 0 Å². The highest BCUT2D eigenvalue weighted by Crippen LogP contribution is 2.21. The van der Waals surface area contributed by atoms with Crippen LogP contribution in [-0.2, 0) is 13.2 Å². The number of nitriles is 1. The zero-order valence-electron chi connectivity index (χ0n) is 13.6. The normalized spacial score (nSPS) is 10.3. The Balaban J connectivity index is 1.64. The molecule has 1 aromatic heterocycles. The molecule has 0 atom stereocenters. The lowest BCUT2D eigenvalue weighted by atomic mass is 10.1. The fourth-order valence-electron chi connectivity index (χ4n) is 2.21. The Labute approximate surface area is 150 Å². The van der Waals surface area contributed by atoms with E-state index in [0.717, 1.165) is 5.56 Å². The fourth-order valence-corrected chi connectivity index (χ4v) is 2.39. The molecule has 2 aromatic carbocycles. The molecule has 6 heteroatoms. The van der Waals surface area contributed by atoms with Crippen molar-refractivity contribution >= 4 is 17.5 Å². The van der Waals surface area contributed by atoms with Crippen LogP contribution in [0.1, 0.15) is 22.7 Å². The van der Waals surface area contributed by atoms with Crippen molar-refractivity contribution in [2.75, 3.05) is 5.32 Å². The summed E-state index contributed by atoms with van der Waals surface area (Å²) in [5, 5.41) is 12.9. The molecule has 3 aromatic rings. The summed E-state index contributed by atoms with van der Waals surface area (Å²) in [5.74, 6) is 1.27. The largest absolute Gasteiger partial charge is 0.484 e. The molecule has 0 amide bonds. The molecule has 25 heavy (non-hydrogen) atoms. The highest BCUT2D eigenvalue weighted by molar-refractivity contribution is 6.30. The summed E-state index contributed by atoms with van der Waals surface area (Å²) in [6, 6.07) is 17.2. The summed E-state index contributed by atoms with van der Waals surface area (Å²) < 4.78 is 11.2. The number of nitrogens with zero attached hydrogens (tertiary/aromatic N) is 2. The van der Waals surface area contributed by atoms with Crippen LogP contribution in [-0.4, -0.2) is 4.98 Å². The van der Waals surface area contributed by atoms with E-state index in [4.69, 9.17) is 20.8 Å². The van der Waals surface area contributed by atoms with Crippen LogP contribution in [0, 0.1) is 18.3 Å². The minimum Gasteiger partial charge on any atom is -0.484 e. The number of oxazole rings is 1. The van der Waals surface area contributed by atoms with E-state index in [-0.39, 0.29) is 12.3 Å². The van der Waals surface area contributed by atoms with Gasteiger partial charge >= 0.3 is 0 Å². The molecule has 0 bridgehead atoms. The zero-order chi connectivity index (χ0) is 17.6. The second kappa shape index (κ2) is 7.73. The highest BCUT2D eigenvalue weighted by atomic mass is 35.5. The first-order chi connectivity index (χ1) is 12.1. The molecular weight excluding hydrogens is 338 g/mol. The number of hydrogen-bond donors (Lipinski definition) is 1. The lowest BCUT2D eigenvalue weighted by molar-refractivity contribution is 0.265. The predicted octanol–water partition coefficient (Wildman–Crippen LogP) is 4.70. The third kappa shape index (κ3) is 4.52. The Kier molecular flexibility index (Phi) is 5.22. The van der Waals surface area contributed by atoms with Crippen molar-refractivity contribution in [2.45, 2.75) is 20.1 Å². The molecule has 0 radical (unpaired) electrons. The van der Waals surface area contributed by atoms with Gasteiger partial charge < -0.3 is 14.5 Å². The van der Waals surface area contributed by atoms with Gasteiger partial charge in [-0.2, -0.15) is 10.2 Å². The number of benzene rings is 2. The van der Waals surface area contributed by atoms with Crippen LogP contribution in [0.5, 0.6) is 5.75 Å². The Bertz CT molecular complexity index is 898. The topological polar surface area (TPSA) is 71.1 Å². The van der Waals surface area contributed by atoms with E-state index >= 15 is 0 Å². The van der Waals surface area contributed by atoms with Gasteiger partial charge in [0.2, 0.25) is 17.5 Å². The van der Waals surface area contributed by atoms with E-state index in [0.29, 0.717) is 29.1 Å². The van der Waals surface area contributed by atoms with Crippen molar-refractivity contribution in [3.63, 3.8) is 0 Å². The number of ether oxygens (including phenoxy) is 1. The van der Waals surface area contributed by atoms with E-state index in [2.05, 4.69) is 10.3 Å². The number of hydrogen-bond acceptors (Lipinski definition) is 5. The standard InChI is InChI=1S/C19H16ClN3O2/c1-13-5-7-14(8-6-13)11-22-19-17(10-21)23-18(25-19)12-24-16-4-2-3-15(20)9-16/h2-9,22H,11-12H2,1H3. The number of nitrogens with one attached hydrogen (secondary N) is 1. The molecule has 0 aliphatic carbocycles. The molecule has 126 valence electrons. The average molecular weight is 354 g/mol. The van der Waals surface area contributed by atoms with E-state index in [9.17, 15) is 5.26 Å². The van der Waals surface area contributed by atoms with Crippen molar-refractivity contribution in [3.8, 4) is 11.8 Å². The van der Waals surface area contributed by atoms with Crippen LogP contribution in [0.2, 0.25) is 5.02 Å². The third-order valence-electron chi connectivity index (χ3n) is 3.51. The van der Waals surface area contributed by atoms with Crippen molar-refractivity contribution in [3.05, 3.63) is 76.3 Å². The summed E-state index contributed by atoms with van der Waals surface area (Å²) in [6.45, 7) is 2.69. The maximum absolute atomic E-state index is 9.22. The molecule has 0 aliphatic heterocycles. The first-order valence-corrected chi connectivity index (χ1v) is 8.09. The van der Waals surface area contributed by atoms with Crippen LogP contribution in [0.15, 0.2) is 52.9 Å². The number of aromatic nitrogens is 1. The Morgan fingerprint density at radius 1 is 1.24 bits per heavy atom. The van der Waals surface area contributed by atoms with E-state index in [1.807, 2.05) is 37.3 Å². The number of anilines is 1. The second-order valence-corrected chi connectivity index (χ2v) is 5.92. The maximum atomic E-state index is 9.22. The average Bonchev–Trinajstić information content (AvgIpc) is 3.02. The van der Waals surface area contributed by atoms with Gasteiger partial charge in [-0.25, -0.2) is 0 Å². The summed E-state index contributed by atoms with van der Waals surface area (Å²) >= 11 is 5.92. The predicted molar refractivity (Wildman–Crippen MR) is 95.5 cm³/mol.